The summed E-state index contributed by atoms with van der Waals surface area (Å²) in [6.07, 6.45) is 1.05. The molecule has 21 heavy (non-hydrogen) atoms. The molecule has 5 nitrogen and oxygen atoms in total. The Kier molecular flexibility index (Phi) is 3.59. The van der Waals surface area contributed by atoms with Gasteiger partial charge in [-0.05, 0) is 18.6 Å². The number of aromatic nitrogens is 2. The van der Waals surface area contributed by atoms with Crippen LogP contribution < -0.4 is 11.2 Å². The third kappa shape index (κ3) is 2.42. The van der Waals surface area contributed by atoms with Crippen LogP contribution in [-0.4, -0.2) is 14.9 Å². The number of aryl methyl sites for hydroxylation is 2. The number of hydrogen-bond acceptors (Lipinski definition) is 3. The molecule has 7 heteroatoms. The van der Waals surface area contributed by atoms with Crippen molar-refractivity contribution in [2.75, 3.05) is 0 Å². The summed E-state index contributed by atoms with van der Waals surface area (Å²) in [4.78, 5) is 35.8. The molecule has 0 saturated carbocycles. The van der Waals surface area contributed by atoms with Gasteiger partial charge < -0.3 is 4.57 Å². The van der Waals surface area contributed by atoms with E-state index in [0.29, 0.717) is 6.07 Å². The first-order valence-electron chi connectivity index (χ1n) is 6.01. The van der Waals surface area contributed by atoms with Gasteiger partial charge in [0.1, 0.15) is 17.2 Å². The summed E-state index contributed by atoms with van der Waals surface area (Å²) >= 11 is 0. The fourth-order valence-corrected chi connectivity index (χ4v) is 1.94. The average Bonchev–Trinajstić information content (AvgIpc) is 2.43. The van der Waals surface area contributed by atoms with Gasteiger partial charge in [0.05, 0.1) is 5.56 Å². The standard InChI is InChI=1S/C14H12F2N2O3/c1-7-4-8(11(16)5-10(7)15)12(19)9-6-17(2)14(21)18(3)13(9)20/h4-6H,1-3H3. The first-order valence-corrected chi connectivity index (χ1v) is 6.01. The van der Waals surface area contributed by atoms with E-state index in [2.05, 4.69) is 0 Å². The Morgan fingerprint density at radius 2 is 1.67 bits per heavy atom. The normalized spacial score (nSPS) is 10.7. The molecule has 0 bridgehead atoms. The van der Waals surface area contributed by atoms with E-state index in [9.17, 15) is 23.2 Å². The maximum Gasteiger partial charge on any atom is 0.330 e. The Bertz CT molecular complexity index is 866. The maximum absolute atomic E-state index is 13.7. The summed E-state index contributed by atoms with van der Waals surface area (Å²) in [6.45, 7) is 1.38. The minimum absolute atomic E-state index is 0.0846. The van der Waals surface area contributed by atoms with Gasteiger partial charge in [0, 0.05) is 26.4 Å². The number of hydrogen-bond donors (Lipinski definition) is 0. The molecule has 1 aromatic carbocycles. The van der Waals surface area contributed by atoms with Gasteiger partial charge >= 0.3 is 5.69 Å². The Labute approximate surface area is 118 Å². The topological polar surface area (TPSA) is 61.1 Å². The Morgan fingerprint density at radius 1 is 1.05 bits per heavy atom. The third-order valence-electron chi connectivity index (χ3n) is 3.18. The lowest BCUT2D eigenvalue weighted by molar-refractivity contribution is 0.103. The molecule has 2 aromatic rings. The number of ketones is 1. The molecule has 0 N–H and O–H groups in total. The zero-order valence-corrected chi connectivity index (χ0v) is 11.6. The van der Waals surface area contributed by atoms with E-state index < -0.39 is 34.2 Å². The van der Waals surface area contributed by atoms with Crippen molar-refractivity contribution in [3.05, 3.63) is 67.5 Å². The van der Waals surface area contributed by atoms with Crippen LogP contribution in [-0.2, 0) is 14.1 Å². The molecular formula is C14H12F2N2O3. The highest BCUT2D eigenvalue weighted by molar-refractivity contribution is 6.08. The van der Waals surface area contributed by atoms with Gasteiger partial charge in [0.2, 0.25) is 5.78 Å². The summed E-state index contributed by atoms with van der Waals surface area (Å²) in [5, 5.41) is 0. The van der Waals surface area contributed by atoms with Crippen LogP contribution in [0.5, 0.6) is 0 Å². The van der Waals surface area contributed by atoms with Crippen LogP contribution >= 0.6 is 0 Å². The Morgan fingerprint density at radius 3 is 2.29 bits per heavy atom. The second kappa shape index (κ2) is 5.08. The van der Waals surface area contributed by atoms with Gasteiger partial charge in [-0.2, -0.15) is 0 Å². The quantitative estimate of drug-likeness (QED) is 0.773. The van der Waals surface area contributed by atoms with E-state index in [1.807, 2.05) is 0 Å². The number of nitrogens with zero attached hydrogens (tertiary/aromatic N) is 2. The highest BCUT2D eigenvalue weighted by Gasteiger charge is 2.21. The van der Waals surface area contributed by atoms with E-state index in [1.54, 1.807) is 0 Å². The van der Waals surface area contributed by atoms with Gasteiger partial charge in [0.15, 0.2) is 0 Å². The largest absolute Gasteiger partial charge is 0.330 e. The van der Waals surface area contributed by atoms with Crippen molar-refractivity contribution in [3.8, 4) is 0 Å². The zero-order valence-electron chi connectivity index (χ0n) is 11.6. The van der Waals surface area contributed by atoms with Crippen molar-refractivity contribution in [2.45, 2.75) is 6.92 Å². The minimum Gasteiger partial charge on any atom is -0.303 e. The molecular weight excluding hydrogens is 282 g/mol. The van der Waals surface area contributed by atoms with Crippen molar-refractivity contribution in [3.63, 3.8) is 0 Å². The second-order valence-corrected chi connectivity index (χ2v) is 4.71. The summed E-state index contributed by atoms with van der Waals surface area (Å²) in [7, 11) is 2.58. The lowest BCUT2D eigenvalue weighted by Crippen LogP contribution is -2.39. The number of carbonyl (C=O) groups is 1. The molecule has 0 aliphatic carbocycles. The molecule has 0 saturated heterocycles. The third-order valence-corrected chi connectivity index (χ3v) is 3.18. The smallest absolute Gasteiger partial charge is 0.303 e. The van der Waals surface area contributed by atoms with Gasteiger partial charge in [0.25, 0.3) is 5.56 Å². The van der Waals surface area contributed by atoms with Crippen LogP contribution in [0.4, 0.5) is 8.78 Å². The first-order chi connectivity index (χ1) is 9.73. The van der Waals surface area contributed by atoms with Crippen molar-refractivity contribution in [2.24, 2.45) is 14.1 Å². The Balaban J connectivity index is 2.70. The first kappa shape index (κ1) is 14.8. The van der Waals surface area contributed by atoms with E-state index in [4.69, 9.17) is 0 Å². The van der Waals surface area contributed by atoms with Gasteiger partial charge in [-0.25, -0.2) is 13.6 Å². The lowest BCUT2D eigenvalue weighted by Gasteiger charge is -2.08. The molecule has 0 atom stereocenters. The molecule has 0 amide bonds. The SMILES string of the molecule is Cc1cc(C(=O)c2cn(C)c(=O)n(C)c2=O)c(F)cc1F. The molecule has 0 unspecified atom stereocenters. The molecule has 0 spiro atoms. The minimum atomic E-state index is -1.06. The van der Waals surface area contributed by atoms with Crippen LogP contribution in [0.2, 0.25) is 0 Å². The molecule has 0 aliphatic rings. The molecule has 2 rings (SSSR count). The number of halogens is 2. The number of rotatable bonds is 2. The van der Waals surface area contributed by atoms with E-state index >= 15 is 0 Å². The van der Waals surface area contributed by atoms with Crippen molar-refractivity contribution in [1.29, 1.82) is 0 Å². The highest BCUT2D eigenvalue weighted by Crippen LogP contribution is 2.16. The second-order valence-electron chi connectivity index (χ2n) is 4.71. The van der Waals surface area contributed by atoms with Crippen LogP contribution in [0.15, 0.2) is 27.9 Å². The predicted octanol–water partition coefficient (Wildman–Crippen LogP) is 0.902. The summed E-state index contributed by atoms with van der Waals surface area (Å²) in [5.41, 5.74) is -2.12. The summed E-state index contributed by atoms with van der Waals surface area (Å²) in [5.74, 6) is -2.73. The van der Waals surface area contributed by atoms with Crippen LogP contribution in [0.3, 0.4) is 0 Å². The van der Waals surface area contributed by atoms with Crippen molar-refractivity contribution in [1.82, 2.24) is 9.13 Å². The summed E-state index contributed by atoms with van der Waals surface area (Å²) < 4.78 is 28.8. The number of benzene rings is 1. The van der Waals surface area contributed by atoms with Crippen LogP contribution in [0.1, 0.15) is 21.5 Å². The van der Waals surface area contributed by atoms with Gasteiger partial charge in [-0.3, -0.25) is 14.2 Å². The molecule has 0 aliphatic heterocycles. The highest BCUT2D eigenvalue weighted by atomic mass is 19.1. The maximum atomic E-state index is 13.7. The molecule has 0 radical (unpaired) electrons. The number of carbonyl (C=O) groups excluding carboxylic acids is 1. The van der Waals surface area contributed by atoms with Gasteiger partial charge in [-0.15, -0.1) is 0 Å². The monoisotopic (exact) mass is 294 g/mol. The zero-order chi connectivity index (χ0) is 15.9. The van der Waals surface area contributed by atoms with Crippen LogP contribution in [0.25, 0.3) is 0 Å². The fraction of sp³-hybridized carbons (Fsp3) is 0.214. The molecule has 0 fully saturated rings. The van der Waals surface area contributed by atoms with Gasteiger partial charge in [-0.1, -0.05) is 0 Å². The molecule has 110 valence electrons. The van der Waals surface area contributed by atoms with E-state index in [0.717, 1.165) is 21.4 Å². The van der Waals surface area contributed by atoms with E-state index in [1.165, 1.54) is 21.0 Å². The van der Waals surface area contributed by atoms with E-state index in [-0.39, 0.29) is 11.1 Å². The van der Waals surface area contributed by atoms with Crippen molar-refractivity contribution < 1.29 is 13.6 Å². The fourth-order valence-electron chi connectivity index (χ4n) is 1.94. The molecule has 1 aromatic heterocycles. The Hall–Kier alpha value is -2.57. The average molecular weight is 294 g/mol. The lowest BCUT2D eigenvalue weighted by atomic mass is 10.0. The molecule has 1 heterocycles. The van der Waals surface area contributed by atoms with Crippen molar-refractivity contribution >= 4 is 5.78 Å². The predicted molar refractivity (Wildman–Crippen MR) is 71.5 cm³/mol. The van der Waals surface area contributed by atoms with Crippen LogP contribution in [0, 0.1) is 18.6 Å². The summed E-state index contributed by atoms with van der Waals surface area (Å²) in [6, 6.07) is 1.63.